The minimum absolute atomic E-state index is 0.0196. The van der Waals surface area contributed by atoms with Gasteiger partial charge in [0.25, 0.3) is 5.91 Å². The van der Waals surface area contributed by atoms with E-state index in [0.29, 0.717) is 42.6 Å². The van der Waals surface area contributed by atoms with Crippen LogP contribution in [0.3, 0.4) is 0 Å². The maximum absolute atomic E-state index is 12.4. The molecule has 2 amide bonds. The van der Waals surface area contributed by atoms with Crippen LogP contribution in [0.4, 0.5) is 5.69 Å². The number of carbonyl (C=O) groups excluding carboxylic acids is 2. The van der Waals surface area contributed by atoms with E-state index in [2.05, 4.69) is 5.32 Å². The van der Waals surface area contributed by atoms with Crippen LogP contribution in [0.5, 0.6) is 0 Å². The molecule has 3 rings (SSSR count). The Morgan fingerprint density at radius 2 is 1.65 bits per heavy atom. The largest absolute Gasteiger partial charge is 0.378 e. The van der Waals surface area contributed by atoms with Crippen LogP contribution < -0.4 is 5.32 Å². The number of halogens is 1. The van der Waals surface area contributed by atoms with E-state index in [4.69, 9.17) is 16.3 Å². The molecule has 0 aliphatic carbocycles. The average Bonchev–Trinajstić information content (AvgIpc) is 2.68. The van der Waals surface area contributed by atoms with E-state index >= 15 is 0 Å². The van der Waals surface area contributed by atoms with Gasteiger partial charge in [0.15, 0.2) is 0 Å². The summed E-state index contributed by atoms with van der Waals surface area (Å²) in [6.07, 6.45) is 3.16. The molecule has 6 heteroatoms. The Hall–Kier alpha value is -2.63. The van der Waals surface area contributed by atoms with E-state index in [1.165, 1.54) is 6.08 Å². The zero-order valence-electron chi connectivity index (χ0n) is 14.2. The Kier molecular flexibility index (Phi) is 6.04. The number of morpholine rings is 1. The third kappa shape index (κ3) is 4.94. The van der Waals surface area contributed by atoms with Gasteiger partial charge in [-0.2, -0.15) is 0 Å². The zero-order chi connectivity index (χ0) is 18.4. The van der Waals surface area contributed by atoms with Crippen LogP contribution in [0, 0.1) is 0 Å². The summed E-state index contributed by atoms with van der Waals surface area (Å²) in [5, 5.41) is 3.42. The molecule has 0 unspecified atom stereocenters. The van der Waals surface area contributed by atoms with Crippen molar-refractivity contribution in [2.45, 2.75) is 0 Å². The van der Waals surface area contributed by atoms with E-state index in [1.807, 2.05) is 12.1 Å². The summed E-state index contributed by atoms with van der Waals surface area (Å²) >= 11 is 5.83. The van der Waals surface area contributed by atoms with Gasteiger partial charge in [-0.05, 0) is 48.0 Å². The number of nitrogens with one attached hydrogen (secondary N) is 1. The number of carbonyl (C=O) groups is 2. The molecule has 134 valence electrons. The van der Waals surface area contributed by atoms with Crippen molar-refractivity contribution in [1.29, 1.82) is 0 Å². The lowest BCUT2D eigenvalue weighted by atomic mass is 10.1. The molecule has 0 atom stereocenters. The van der Waals surface area contributed by atoms with E-state index < -0.39 is 0 Å². The molecule has 1 fully saturated rings. The number of nitrogens with zero attached hydrogens (tertiary/aromatic N) is 1. The molecule has 0 bridgehead atoms. The van der Waals surface area contributed by atoms with Crippen molar-refractivity contribution in [3.05, 3.63) is 70.8 Å². The van der Waals surface area contributed by atoms with Gasteiger partial charge in [0, 0.05) is 35.4 Å². The Balaban J connectivity index is 1.57. The molecule has 0 radical (unpaired) electrons. The molecule has 2 aromatic carbocycles. The summed E-state index contributed by atoms with van der Waals surface area (Å²) in [4.78, 5) is 26.2. The molecular weight excluding hydrogens is 352 g/mol. The van der Waals surface area contributed by atoms with Gasteiger partial charge in [-0.3, -0.25) is 9.59 Å². The number of benzene rings is 2. The second-order valence-corrected chi connectivity index (χ2v) is 6.29. The van der Waals surface area contributed by atoms with E-state index in [1.54, 1.807) is 47.4 Å². The monoisotopic (exact) mass is 370 g/mol. The van der Waals surface area contributed by atoms with Gasteiger partial charge >= 0.3 is 0 Å². The van der Waals surface area contributed by atoms with E-state index in [9.17, 15) is 9.59 Å². The number of ether oxygens (including phenoxy) is 1. The van der Waals surface area contributed by atoms with Crippen molar-refractivity contribution in [2.24, 2.45) is 0 Å². The fourth-order valence-electron chi connectivity index (χ4n) is 2.57. The zero-order valence-corrected chi connectivity index (χ0v) is 14.9. The van der Waals surface area contributed by atoms with Gasteiger partial charge in [-0.25, -0.2) is 0 Å². The first-order valence-corrected chi connectivity index (χ1v) is 8.71. The van der Waals surface area contributed by atoms with Crippen LogP contribution in [-0.4, -0.2) is 43.0 Å². The standard InChI is InChI=1S/C20H19ClN2O3/c21-17-6-1-15(2-7-17)3-10-19(24)22-18-8-4-16(5-9-18)20(25)23-11-13-26-14-12-23/h1-10H,11-14H2,(H,22,24)/b10-3+. The summed E-state index contributed by atoms with van der Waals surface area (Å²) in [6.45, 7) is 2.35. The maximum Gasteiger partial charge on any atom is 0.254 e. The van der Waals surface area contributed by atoms with Crippen molar-refractivity contribution >= 4 is 35.2 Å². The SMILES string of the molecule is O=C(/C=C/c1ccc(Cl)cc1)Nc1ccc(C(=O)N2CCOCC2)cc1. The summed E-state index contributed by atoms with van der Waals surface area (Å²) in [5.74, 6) is -0.263. The summed E-state index contributed by atoms with van der Waals surface area (Å²) in [5.41, 5.74) is 2.12. The minimum Gasteiger partial charge on any atom is -0.378 e. The van der Waals surface area contributed by atoms with Crippen LogP contribution in [0.25, 0.3) is 6.08 Å². The van der Waals surface area contributed by atoms with Crippen molar-refractivity contribution in [3.8, 4) is 0 Å². The van der Waals surface area contributed by atoms with E-state index in [0.717, 1.165) is 5.56 Å². The molecule has 26 heavy (non-hydrogen) atoms. The highest BCUT2D eigenvalue weighted by Gasteiger charge is 2.18. The molecule has 1 aliphatic rings. The van der Waals surface area contributed by atoms with Gasteiger partial charge in [-0.1, -0.05) is 23.7 Å². The van der Waals surface area contributed by atoms with Crippen molar-refractivity contribution in [2.75, 3.05) is 31.6 Å². The summed E-state index contributed by atoms with van der Waals surface area (Å²) in [7, 11) is 0. The predicted molar refractivity (Wildman–Crippen MR) is 102 cm³/mol. The van der Waals surface area contributed by atoms with E-state index in [-0.39, 0.29) is 11.8 Å². The van der Waals surface area contributed by atoms with Gasteiger partial charge in [-0.15, -0.1) is 0 Å². The normalized spacial score (nSPS) is 14.4. The average molecular weight is 371 g/mol. The number of anilines is 1. The summed E-state index contributed by atoms with van der Waals surface area (Å²) in [6, 6.07) is 14.1. The molecule has 1 aliphatic heterocycles. The number of hydrogen-bond donors (Lipinski definition) is 1. The highest BCUT2D eigenvalue weighted by atomic mass is 35.5. The molecule has 5 nitrogen and oxygen atoms in total. The lowest BCUT2D eigenvalue weighted by Crippen LogP contribution is -2.40. The molecule has 0 saturated carbocycles. The highest BCUT2D eigenvalue weighted by Crippen LogP contribution is 2.14. The Morgan fingerprint density at radius 3 is 2.31 bits per heavy atom. The molecule has 2 aromatic rings. The maximum atomic E-state index is 12.4. The van der Waals surface area contributed by atoms with Crippen molar-refractivity contribution < 1.29 is 14.3 Å². The van der Waals surface area contributed by atoms with Crippen LogP contribution in [0.2, 0.25) is 5.02 Å². The third-order valence-electron chi connectivity index (χ3n) is 3.99. The number of amides is 2. The van der Waals surface area contributed by atoms with Crippen LogP contribution in [0.1, 0.15) is 15.9 Å². The minimum atomic E-state index is -0.243. The van der Waals surface area contributed by atoms with Crippen LogP contribution >= 0.6 is 11.6 Å². The number of rotatable bonds is 4. The lowest BCUT2D eigenvalue weighted by Gasteiger charge is -2.26. The molecule has 1 saturated heterocycles. The Morgan fingerprint density at radius 1 is 1.00 bits per heavy atom. The highest BCUT2D eigenvalue weighted by molar-refractivity contribution is 6.30. The fourth-order valence-corrected chi connectivity index (χ4v) is 2.70. The molecule has 1 N–H and O–H groups in total. The molecule has 0 spiro atoms. The Labute approximate surface area is 157 Å². The second kappa shape index (κ2) is 8.65. The molecule has 1 heterocycles. The second-order valence-electron chi connectivity index (χ2n) is 5.86. The number of hydrogen-bond acceptors (Lipinski definition) is 3. The molecular formula is C20H19ClN2O3. The molecule has 0 aromatic heterocycles. The van der Waals surface area contributed by atoms with Crippen LogP contribution in [-0.2, 0) is 9.53 Å². The van der Waals surface area contributed by atoms with Gasteiger partial charge in [0.2, 0.25) is 5.91 Å². The fraction of sp³-hybridized carbons (Fsp3) is 0.200. The van der Waals surface area contributed by atoms with Crippen LogP contribution in [0.15, 0.2) is 54.6 Å². The quantitative estimate of drug-likeness (QED) is 0.838. The smallest absolute Gasteiger partial charge is 0.254 e. The first-order valence-electron chi connectivity index (χ1n) is 8.33. The van der Waals surface area contributed by atoms with Gasteiger partial charge < -0.3 is 15.0 Å². The first-order chi connectivity index (χ1) is 12.6. The van der Waals surface area contributed by atoms with Gasteiger partial charge in [0.1, 0.15) is 0 Å². The Bertz CT molecular complexity index is 795. The van der Waals surface area contributed by atoms with Gasteiger partial charge in [0.05, 0.1) is 13.2 Å². The first kappa shape index (κ1) is 18.2. The lowest BCUT2D eigenvalue weighted by molar-refractivity contribution is -0.111. The summed E-state index contributed by atoms with van der Waals surface area (Å²) < 4.78 is 5.25. The van der Waals surface area contributed by atoms with Crippen molar-refractivity contribution in [1.82, 2.24) is 4.90 Å². The topological polar surface area (TPSA) is 58.6 Å². The predicted octanol–water partition coefficient (Wildman–Crippen LogP) is 3.46. The van der Waals surface area contributed by atoms with Crippen molar-refractivity contribution in [3.63, 3.8) is 0 Å². The third-order valence-corrected chi connectivity index (χ3v) is 4.25.